The Morgan fingerprint density at radius 3 is 2.42 bits per heavy atom. The molecule has 2 N–H and O–H groups in total. The maximum absolute atomic E-state index is 13.0. The van der Waals surface area contributed by atoms with Crippen molar-refractivity contribution in [3.05, 3.63) is 59.2 Å². The minimum Gasteiger partial charge on any atom is -0.504 e. The van der Waals surface area contributed by atoms with Gasteiger partial charge in [-0.15, -0.1) is 0 Å². The van der Waals surface area contributed by atoms with E-state index in [1.54, 1.807) is 13.8 Å². The molecule has 0 atom stereocenters. The van der Waals surface area contributed by atoms with E-state index >= 15 is 0 Å². The van der Waals surface area contributed by atoms with Crippen molar-refractivity contribution in [2.75, 3.05) is 18.1 Å². The molecule has 0 unspecified atom stereocenters. The van der Waals surface area contributed by atoms with Gasteiger partial charge in [-0.2, -0.15) is 0 Å². The number of nitrogens with zero attached hydrogens (tertiary/aromatic N) is 1. The van der Waals surface area contributed by atoms with Gasteiger partial charge in [0.1, 0.15) is 5.57 Å². The third kappa shape index (κ3) is 4.55. The highest BCUT2D eigenvalue weighted by atomic mass is 16.5. The van der Waals surface area contributed by atoms with E-state index in [-0.39, 0.29) is 34.9 Å². The minimum absolute atomic E-state index is 0.0816. The number of amides is 4. The lowest BCUT2D eigenvalue weighted by Crippen LogP contribution is -2.54. The molecular weight excluding hydrogens is 404 g/mol. The van der Waals surface area contributed by atoms with E-state index in [4.69, 9.17) is 9.47 Å². The fourth-order valence-corrected chi connectivity index (χ4v) is 2.91. The summed E-state index contributed by atoms with van der Waals surface area (Å²) in [5, 5.41) is 11.9. The van der Waals surface area contributed by atoms with Crippen LogP contribution in [0.2, 0.25) is 0 Å². The smallest absolute Gasteiger partial charge is 0.338 e. The number of phenolic OH excluding ortho intramolecular Hbond substituents is 1. The van der Waals surface area contributed by atoms with Gasteiger partial charge < -0.3 is 14.6 Å². The van der Waals surface area contributed by atoms with Crippen LogP contribution in [0.1, 0.15) is 29.8 Å². The van der Waals surface area contributed by atoms with Crippen molar-refractivity contribution in [3.63, 3.8) is 0 Å². The van der Waals surface area contributed by atoms with Crippen LogP contribution in [0.25, 0.3) is 6.08 Å². The molecular formula is C22H20N2O7. The molecule has 1 fully saturated rings. The molecule has 2 aromatic rings. The highest BCUT2D eigenvalue weighted by Gasteiger charge is 2.36. The van der Waals surface area contributed by atoms with Crippen LogP contribution in [-0.2, 0) is 14.3 Å². The third-order valence-corrected chi connectivity index (χ3v) is 4.33. The number of rotatable bonds is 6. The summed E-state index contributed by atoms with van der Waals surface area (Å²) in [6.45, 7) is 3.96. The molecule has 1 aliphatic heterocycles. The van der Waals surface area contributed by atoms with Gasteiger partial charge in [0.25, 0.3) is 11.8 Å². The molecule has 0 radical (unpaired) electrons. The Morgan fingerprint density at radius 1 is 1.06 bits per heavy atom. The molecule has 0 saturated carbocycles. The third-order valence-electron chi connectivity index (χ3n) is 4.33. The quantitative estimate of drug-likeness (QED) is 0.415. The zero-order valence-electron chi connectivity index (χ0n) is 16.9. The molecule has 1 aliphatic rings. The summed E-state index contributed by atoms with van der Waals surface area (Å²) in [5.74, 6) is -2.09. The molecule has 31 heavy (non-hydrogen) atoms. The Morgan fingerprint density at radius 2 is 1.77 bits per heavy atom. The first-order chi connectivity index (χ1) is 14.8. The predicted molar refractivity (Wildman–Crippen MR) is 111 cm³/mol. The fourth-order valence-electron chi connectivity index (χ4n) is 2.91. The zero-order chi connectivity index (χ0) is 22.5. The second-order valence-electron chi connectivity index (χ2n) is 6.39. The molecule has 9 nitrogen and oxygen atoms in total. The summed E-state index contributed by atoms with van der Waals surface area (Å²) in [7, 11) is 0. The van der Waals surface area contributed by atoms with Crippen molar-refractivity contribution < 1.29 is 33.8 Å². The van der Waals surface area contributed by atoms with Crippen LogP contribution in [-0.4, -0.2) is 42.1 Å². The largest absolute Gasteiger partial charge is 0.504 e. The van der Waals surface area contributed by atoms with Crippen molar-refractivity contribution >= 4 is 35.6 Å². The first-order valence-electron chi connectivity index (χ1n) is 9.50. The molecule has 3 rings (SSSR count). The molecule has 0 aromatic heterocycles. The van der Waals surface area contributed by atoms with E-state index in [9.17, 15) is 24.3 Å². The first kappa shape index (κ1) is 21.6. The Balaban J connectivity index is 1.93. The molecule has 0 aliphatic carbocycles. The van der Waals surface area contributed by atoms with Gasteiger partial charge in [0.05, 0.1) is 24.5 Å². The number of urea groups is 1. The van der Waals surface area contributed by atoms with Crippen LogP contribution >= 0.6 is 0 Å². The molecule has 9 heteroatoms. The van der Waals surface area contributed by atoms with Gasteiger partial charge in [-0.1, -0.05) is 6.07 Å². The number of nitrogens with one attached hydrogen (secondary N) is 1. The van der Waals surface area contributed by atoms with Gasteiger partial charge in [0.2, 0.25) is 0 Å². The molecule has 1 saturated heterocycles. The topological polar surface area (TPSA) is 122 Å². The van der Waals surface area contributed by atoms with Gasteiger partial charge in [-0.05, 0) is 61.9 Å². The molecule has 1 heterocycles. The van der Waals surface area contributed by atoms with Gasteiger partial charge >= 0.3 is 12.0 Å². The second-order valence-corrected chi connectivity index (χ2v) is 6.39. The van der Waals surface area contributed by atoms with Crippen molar-refractivity contribution in [2.24, 2.45) is 0 Å². The van der Waals surface area contributed by atoms with Crippen molar-refractivity contribution in [1.29, 1.82) is 0 Å². The molecule has 160 valence electrons. The number of hydrogen-bond donors (Lipinski definition) is 2. The van der Waals surface area contributed by atoms with E-state index in [1.165, 1.54) is 48.5 Å². The highest BCUT2D eigenvalue weighted by molar-refractivity contribution is 6.39. The normalized spacial score (nSPS) is 15.1. The van der Waals surface area contributed by atoms with Crippen molar-refractivity contribution in [1.82, 2.24) is 5.32 Å². The zero-order valence-corrected chi connectivity index (χ0v) is 16.9. The molecule has 2 aromatic carbocycles. The number of esters is 1. The summed E-state index contributed by atoms with van der Waals surface area (Å²) in [5.41, 5.74) is 0.582. The lowest BCUT2D eigenvalue weighted by atomic mass is 10.1. The lowest BCUT2D eigenvalue weighted by molar-refractivity contribution is -0.122. The Labute approximate surface area is 177 Å². The average Bonchev–Trinajstić information content (AvgIpc) is 2.74. The number of ether oxygens (including phenoxy) is 2. The summed E-state index contributed by atoms with van der Waals surface area (Å²) < 4.78 is 10.2. The Bertz CT molecular complexity index is 1070. The van der Waals surface area contributed by atoms with Crippen molar-refractivity contribution in [2.45, 2.75) is 13.8 Å². The maximum atomic E-state index is 13.0. The molecule has 0 spiro atoms. The first-order valence-corrected chi connectivity index (χ1v) is 9.50. The van der Waals surface area contributed by atoms with Gasteiger partial charge in [0, 0.05) is 0 Å². The lowest BCUT2D eigenvalue weighted by Gasteiger charge is -2.26. The van der Waals surface area contributed by atoms with Gasteiger partial charge in [-0.3, -0.25) is 14.9 Å². The van der Waals surface area contributed by atoms with Crippen LogP contribution in [0.3, 0.4) is 0 Å². The summed E-state index contributed by atoms with van der Waals surface area (Å²) in [6, 6.07) is 9.10. The van der Waals surface area contributed by atoms with Gasteiger partial charge in [0.15, 0.2) is 11.5 Å². The number of carbonyl (C=O) groups is 4. The highest BCUT2D eigenvalue weighted by Crippen LogP contribution is 2.29. The van der Waals surface area contributed by atoms with Crippen molar-refractivity contribution in [3.8, 4) is 11.5 Å². The van der Waals surface area contributed by atoms with E-state index in [2.05, 4.69) is 5.32 Å². The number of imide groups is 2. The fraction of sp³-hybridized carbons (Fsp3) is 0.182. The van der Waals surface area contributed by atoms with E-state index in [0.717, 1.165) is 4.90 Å². The number of barbiturate groups is 1. The van der Waals surface area contributed by atoms with Crippen LogP contribution in [0, 0.1) is 0 Å². The number of carbonyl (C=O) groups excluding carboxylic acids is 4. The summed E-state index contributed by atoms with van der Waals surface area (Å²) in [6.07, 6.45) is 1.30. The molecule has 0 bridgehead atoms. The Kier molecular flexibility index (Phi) is 6.35. The summed E-state index contributed by atoms with van der Waals surface area (Å²) in [4.78, 5) is 50.2. The monoisotopic (exact) mass is 424 g/mol. The van der Waals surface area contributed by atoms with E-state index in [0.29, 0.717) is 12.2 Å². The SMILES string of the molecule is CCOC(=O)c1ccc(N2C(=O)NC(=O)/C(=C\c3ccc(O)c(OCC)c3)C2=O)cc1. The number of phenols is 1. The predicted octanol–water partition coefficient (Wildman–Crippen LogP) is 2.63. The number of anilines is 1. The minimum atomic E-state index is -0.906. The van der Waals surface area contributed by atoms with E-state index in [1.807, 2.05) is 0 Å². The van der Waals surface area contributed by atoms with E-state index < -0.39 is 23.8 Å². The van der Waals surface area contributed by atoms with Gasteiger partial charge in [-0.25, -0.2) is 14.5 Å². The Hall–Kier alpha value is -4.14. The second kappa shape index (κ2) is 9.12. The standard InChI is InChI=1S/C22H20N2O7/c1-3-30-18-12-13(5-10-17(18)25)11-16-19(26)23-22(29)24(20(16)27)15-8-6-14(7-9-15)21(28)31-4-2/h5-12,25H,3-4H2,1-2H3,(H,23,26,29)/b16-11+. The number of aromatic hydroxyl groups is 1. The van der Waals surface area contributed by atoms with Crippen LogP contribution < -0.4 is 15.0 Å². The molecule has 4 amide bonds. The average molecular weight is 424 g/mol. The van der Waals surface area contributed by atoms with Crippen LogP contribution in [0.4, 0.5) is 10.5 Å². The summed E-state index contributed by atoms with van der Waals surface area (Å²) >= 11 is 0. The number of benzene rings is 2. The maximum Gasteiger partial charge on any atom is 0.338 e. The number of hydrogen-bond acceptors (Lipinski definition) is 7. The van der Waals surface area contributed by atoms with Crippen LogP contribution in [0.15, 0.2) is 48.0 Å². The van der Waals surface area contributed by atoms with Crippen LogP contribution in [0.5, 0.6) is 11.5 Å².